The molecule has 5 rings (SSSR count). The first-order valence-corrected chi connectivity index (χ1v) is 8.96. The maximum Gasteiger partial charge on any atom is 0.0705 e. The second kappa shape index (κ2) is 6.23. The number of hydrogen-bond acceptors (Lipinski definition) is 2. The molecule has 0 spiro atoms. The molecule has 1 atom stereocenters. The van der Waals surface area contributed by atoms with E-state index in [1.54, 1.807) is 0 Å². The Labute approximate surface area is 152 Å². The van der Waals surface area contributed by atoms with Crippen LogP contribution in [0.4, 0.5) is 5.69 Å². The summed E-state index contributed by atoms with van der Waals surface area (Å²) in [5, 5.41) is 1.18. The monoisotopic (exact) mass is 334 g/mol. The molecule has 0 radical (unpaired) electrons. The lowest BCUT2D eigenvalue weighted by Gasteiger charge is -2.21. The molecule has 0 fully saturated rings. The summed E-state index contributed by atoms with van der Waals surface area (Å²) in [6.07, 6.45) is 2.98. The zero-order chi connectivity index (χ0) is 17.3. The van der Waals surface area contributed by atoms with Gasteiger partial charge in [-0.05, 0) is 41.3 Å². The van der Waals surface area contributed by atoms with Crippen LogP contribution in [-0.2, 0) is 6.42 Å². The molecule has 1 aliphatic heterocycles. The van der Waals surface area contributed by atoms with E-state index in [4.69, 9.17) is 9.98 Å². The first-order valence-electron chi connectivity index (χ1n) is 8.96. The van der Waals surface area contributed by atoms with Crippen molar-refractivity contribution in [3.05, 3.63) is 96.2 Å². The van der Waals surface area contributed by atoms with Crippen LogP contribution < -0.4 is 0 Å². The van der Waals surface area contributed by atoms with E-state index in [1.807, 2.05) is 18.3 Å². The normalized spacial score (nSPS) is 15.8. The lowest BCUT2D eigenvalue weighted by Crippen LogP contribution is -2.11. The summed E-state index contributed by atoms with van der Waals surface area (Å²) < 4.78 is 0. The minimum Gasteiger partial charge on any atom is -0.260 e. The molecule has 0 bridgehead atoms. The van der Waals surface area contributed by atoms with Gasteiger partial charge in [0.15, 0.2) is 0 Å². The zero-order valence-corrected chi connectivity index (χ0v) is 14.3. The molecule has 1 aromatic heterocycles. The summed E-state index contributed by atoms with van der Waals surface area (Å²) in [6.45, 7) is 0. The van der Waals surface area contributed by atoms with Crippen LogP contribution in [0.15, 0.2) is 89.9 Å². The fourth-order valence-electron chi connectivity index (χ4n) is 3.71. The van der Waals surface area contributed by atoms with Crippen LogP contribution in [0.1, 0.15) is 17.2 Å². The molecule has 2 nitrogen and oxygen atoms in total. The molecule has 2 heteroatoms. The van der Waals surface area contributed by atoms with Crippen molar-refractivity contribution in [2.24, 2.45) is 4.99 Å². The van der Waals surface area contributed by atoms with E-state index in [9.17, 15) is 0 Å². The van der Waals surface area contributed by atoms with Crippen molar-refractivity contribution < 1.29 is 0 Å². The molecule has 0 amide bonds. The van der Waals surface area contributed by atoms with E-state index < -0.39 is 0 Å². The van der Waals surface area contributed by atoms with Crippen molar-refractivity contribution >= 4 is 22.8 Å². The quantitative estimate of drug-likeness (QED) is 0.445. The van der Waals surface area contributed by atoms with Crippen LogP contribution in [0.25, 0.3) is 22.0 Å². The number of benzene rings is 3. The van der Waals surface area contributed by atoms with E-state index >= 15 is 0 Å². The average Bonchev–Trinajstić information content (AvgIpc) is 2.73. The number of nitrogens with zero attached hydrogens (tertiary/aromatic N) is 2. The van der Waals surface area contributed by atoms with Crippen molar-refractivity contribution in [3.63, 3.8) is 0 Å². The fraction of sp³-hybridized carbons (Fsp3) is 0.0833. The predicted octanol–water partition coefficient (Wildman–Crippen LogP) is 5.94. The maximum absolute atomic E-state index is 4.88. The van der Waals surface area contributed by atoms with E-state index in [2.05, 4.69) is 72.8 Å². The first kappa shape index (κ1) is 15.0. The van der Waals surface area contributed by atoms with Gasteiger partial charge in [-0.15, -0.1) is 0 Å². The third kappa shape index (κ3) is 2.60. The molecule has 2 heterocycles. The summed E-state index contributed by atoms with van der Waals surface area (Å²) in [5.41, 5.74) is 7.02. The third-order valence-corrected chi connectivity index (χ3v) is 5.05. The summed E-state index contributed by atoms with van der Waals surface area (Å²) in [5.74, 6) is 0.206. The van der Waals surface area contributed by atoms with E-state index in [1.165, 1.54) is 22.1 Å². The van der Waals surface area contributed by atoms with Gasteiger partial charge in [-0.3, -0.25) is 9.98 Å². The van der Waals surface area contributed by atoms with Crippen LogP contribution in [0.3, 0.4) is 0 Å². The third-order valence-electron chi connectivity index (χ3n) is 5.05. The van der Waals surface area contributed by atoms with Gasteiger partial charge in [-0.2, -0.15) is 0 Å². The van der Waals surface area contributed by atoms with Crippen LogP contribution >= 0.6 is 0 Å². The molecular weight excluding hydrogens is 316 g/mol. The van der Waals surface area contributed by atoms with E-state index in [0.717, 1.165) is 23.3 Å². The van der Waals surface area contributed by atoms with Crippen molar-refractivity contribution in [1.29, 1.82) is 0 Å². The topological polar surface area (TPSA) is 25.2 Å². The molecule has 0 saturated carbocycles. The van der Waals surface area contributed by atoms with Crippen LogP contribution in [-0.4, -0.2) is 11.2 Å². The Bertz CT molecular complexity index is 1110. The summed E-state index contributed by atoms with van der Waals surface area (Å²) in [4.78, 5) is 9.64. The molecule has 0 N–H and O–H groups in total. The summed E-state index contributed by atoms with van der Waals surface area (Å²) in [7, 11) is 0. The van der Waals surface area contributed by atoms with Crippen molar-refractivity contribution in [2.75, 3.05) is 0 Å². The molecule has 1 aliphatic rings. The Morgan fingerprint density at radius 1 is 0.731 bits per heavy atom. The molecule has 1 unspecified atom stereocenters. The average molecular weight is 334 g/mol. The van der Waals surface area contributed by atoms with Gasteiger partial charge >= 0.3 is 0 Å². The van der Waals surface area contributed by atoms with E-state index in [0.29, 0.717) is 0 Å². The lowest BCUT2D eigenvalue weighted by molar-refractivity contribution is 0.848. The predicted molar refractivity (Wildman–Crippen MR) is 108 cm³/mol. The second-order valence-corrected chi connectivity index (χ2v) is 6.69. The standard InChI is InChI=1S/C24H18N2/c1-2-7-17(8-3-1)20-10-6-12-24-21(20)15-19(16-25-24)23-14-13-18-9-4-5-11-22(18)26-23/h1-14,16,19H,15H2. The summed E-state index contributed by atoms with van der Waals surface area (Å²) in [6, 6.07) is 29.5. The molecule has 0 saturated heterocycles. The molecule has 4 aromatic rings. The fourth-order valence-corrected chi connectivity index (χ4v) is 3.71. The molecule has 124 valence electrons. The smallest absolute Gasteiger partial charge is 0.0705 e. The number of aromatic nitrogens is 1. The number of hydrogen-bond donors (Lipinski definition) is 0. The van der Waals surface area contributed by atoms with Crippen molar-refractivity contribution in [2.45, 2.75) is 12.3 Å². The van der Waals surface area contributed by atoms with Crippen LogP contribution in [0.5, 0.6) is 0 Å². The van der Waals surface area contributed by atoms with Crippen LogP contribution in [0.2, 0.25) is 0 Å². The number of pyridine rings is 1. The van der Waals surface area contributed by atoms with Gasteiger partial charge in [-0.25, -0.2) is 0 Å². The van der Waals surface area contributed by atoms with Gasteiger partial charge in [-0.1, -0.05) is 66.7 Å². The van der Waals surface area contributed by atoms with Gasteiger partial charge in [0, 0.05) is 23.2 Å². The van der Waals surface area contributed by atoms with Gasteiger partial charge in [0.1, 0.15) is 0 Å². The lowest BCUT2D eigenvalue weighted by atomic mass is 9.88. The van der Waals surface area contributed by atoms with Crippen molar-refractivity contribution in [3.8, 4) is 11.1 Å². The SMILES string of the molecule is C1=Nc2cccc(-c3ccccc3)c2CC1c1ccc2ccccc2n1. The highest BCUT2D eigenvalue weighted by Crippen LogP contribution is 2.37. The van der Waals surface area contributed by atoms with Gasteiger partial charge < -0.3 is 0 Å². The van der Waals surface area contributed by atoms with Crippen molar-refractivity contribution in [1.82, 2.24) is 4.98 Å². The highest BCUT2D eigenvalue weighted by molar-refractivity contribution is 5.83. The Morgan fingerprint density at radius 3 is 2.50 bits per heavy atom. The van der Waals surface area contributed by atoms with Gasteiger partial charge in [0.25, 0.3) is 0 Å². The largest absolute Gasteiger partial charge is 0.260 e. The number of aliphatic imine (C=N–C) groups is 1. The molecular formula is C24H18N2. The van der Waals surface area contributed by atoms with Gasteiger partial charge in [0.05, 0.1) is 11.2 Å². The highest BCUT2D eigenvalue weighted by Gasteiger charge is 2.21. The molecule has 0 aliphatic carbocycles. The minimum atomic E-state index is 0.206. The van der Waals surface area contributed by atoms with E-state index in [-0.39, 0.29) is 5.92 Å². The van der Waals surface area contributed by atoms with Gasteiger partial charge in [0.2, 0.25) is 0 Å². The maximum atomic E-state index is 4.88. The Kier molecular flexibility index (Phi) is 3.60. The van der Waals surface area contributed by atoms with Crippen LogP contribution in [0, 0.1) is 0 Å². The highest BCUT2D eigenvalue weighted by atomic mass is 14.8. The Balaban J connectivity index is 1.57. The molecule has 3 aromatic carbocycles. The first-order chi connectivity index (χ1) is 12.9. The second-order valence-electron chi connectivity index (χ2n) is 6.69. The molecule has 26 heavy (non-hydrogen) atoms. The summed E-state index contributed by atoms with van der Waals surface area (Å²) >= 11 is 0. The zero-order valence-electron chi connectivity index (χ0n) is 14.3. The minimum absolute atomic E-state index is 0.206. The number of para-hydroxylation sites is 1. The Morgan fingerprint density at radius 2 is 1.58 bits per heavy atom. The number of rotatable bonds is 2. The Hall–Kier alpha value is -3.26. The number of fused-ring (bicyclic) bond motifs is 2.